The van der Waals surface area contributed by atoms with Crippen LogP contribution >= 0.6 is 0 Å². The van der Waals surface area contributed by atoms with Crippen LogP contribution in [0.3, 0.4) is 0 Å². The number of hydrogen-bond acceptors (Lipinski definition) is 2. The summed E-state index contributed by atoms with van der Waals surface area (Å²) in [4.78, 5) is 12.3. The summed E-state index contributed by atoms with van der Waals surface area (Å²) in [7, 11) is 0. The van der Waals surface area contributed by atoms with Crippen molar-refractivity contribution in [2.24, 2.45) is 0 Å². The molecule has 1 amide bonds. The zero-order valence-electron chi connectivity index (χ0n) is 14.9. The van der Waals surface area contributed by atoms with Gasteiger partial charge in [0.15, 0.2) is 5.82 Å². The number of nitrogens with two attached hydrogens (primary N) is 1. The fraction of sp³-hybridized carbons (Fsp3) is 0.278. The van der Waals surface area contributed by atoms with Gasteiger partial charge in [-0.25, -0.2) is 8.78 Å². The van der Waals surface area contributed by atoms with E-state index in [0.29, 0.717) is 12.1 Å². The van der Waals surface area contributed by atoms with Crippen molar-refractivity contribution >= 4 is 17.3 Å². The first-order valence-electron chi connectivity index (χ1n) is 7.90. The molecule has 0 aliphatic heterocycles. The van der Waals surface area contributed by atoms with E-state index in [9.17, 15) is 39.9 Å². The largest absolute Gasteiger partial charge is 0.435 e. The third kappa shape index (κ3) is 3.85. The van der Waals surface area contributed by atoms with Crippen molar-refractivity contribution in [2.75, 3.05) is 11.1 Å². The number of hydrogen-bond donors (Lipinski definition) is 2. The van der Waals surface area contributed by atoms with Crippen LogP contribution in [0.25, 0.3) is 0 Å². The summed E-state index contributed by atoms with van der Waals surface area (Å²) in [5, 5.41) is 2.20. The standard InChI is InChI=1S/C18H14F8N2O/c1-8-6-10(16(20,17(21,22)23)18(24,25)26)7-9(2)14(8)28-15(29)11-4-3-5-12(27)13(11)19/h3-7H,27H2,1-2H3,(H,28,29). The maximum atomic E-state index is 14.3. The Kier molecular flexibility index (Phi) is 5.57. The molecule has 0 bridgehead atoms. The van der Waals surface area contributed by atoms with E-state index in [4.69, 9.17) is 5.73 Å². The molecule has 158 valence electrons. The molecular weight excluding hydrogens is 412 g/mol. The molecule has 0 saturated heterocycles. The molecule has 11 heteroatoms. The first-order chi connectivity index (χ1) is 13.1. The van der Waals surface area contributed by atoms with Crippen LogP contribution in [0.1, 0.15) is 27.0 Å². The topological polar surface area (TPSA) is 55.1 Å². The van der Waals surface area contributed by atoms with Gasteiger partial charge in [0.1, 0.15) is 0 Å². The van der Waals surface area contributed by atoms with Gasteiger partial charge in [0.2, 0.25) is 0 Å². The summed E-state index contributed by atoms with van der Waals surface area (Å²) in [5.41, 5.74) is -3.51. The number of alkyl halides is 7. The Hall–Kier alpha value is -2.85. The normalized spacial score (nSPS) is 12.8. The Morgan fingerprint density at radius 3 is 1.86 bits per heavy atom. The van der Waals surface area contributed by atoms with Crippen LogP contribution in [0.15, 0.2) is 30.3 Å². The van der Waals surface area contributed by atoms with Gasteiger partial charge in [-0.1, -0.05) is 18.2 Å². The Bertz CT molecular complexity index is 913. The van der Waals surface area contributed by atoms with Gasteiger partial charge in [0.05, 0.1) is 11.3 Å². The van der Waals surface area contributed by atoms with Crippen molar-refractivity contribution < 1.29 is 39.9 Å². The Morgan fingerprint density at radius 2 is 1.41 bits per heavy atom. The number of aryl methyl sites for hydroxylation is 2. The number of benzene rings is 2. The van der Waals surface area contributed by atoms with E-state index in [0.717, 1.165) is 19.9 Å². The average molecular weight is 426 g/mol. The third-order valence-electron chi connectivity index (χ3n) is 4.22. The van der Waals surface area contributed by atoms with Crippen molar-refractivity contribution in [3.8, 4) is 0 Å². The first kappa shape index (κ1) is 22.4. The van der Waals surface area contributed by atoms with E-state index in [2.05, 4.69) is 5.32 Å². The van der Waals surface area contributed by atoms with Crippen LogP contribution in [0, 0.1) is 19.7 Å². The Balaban J connectivity index is 2.52. The highest BCUT2D eigenvalue weighted by molar-refractivity contribution is 6.05. The van der Waals surface area contributed by atoms with Crippen LogP contribution in [0.4, 0.5) is 46.5 Å². The van der Waals surface area contributed by atoms with Gasteiger partial charge in [-0.3, -0.25) is 4.79 Å². The van der Waals surface area contributed by atoms with Gasteiger partial charge in [0, 0.05) is 11.3 Å². The van der Waals surface area contributed by atoms with E-state index in [-0.39, 0.29) is 22.5 Å². The maximum absolute atomic E-state index is 14.3. The molecule has 0 aromatic heterocycles. The summed E-state index contributed by atoms with van der Waals surface area (Å²) in [6, 6.07) is 4.21. The molecule has 3 N–H and O–H groups in total. The van der Waals surface area contributed by atoms with E-state index in [1.54, 1.807) is 0 Å². The first-order valence-corrected chi connectivity index (χ1v) is 7.90. The number of carbonyl (C=O) groups excluding carboxylic acids is 1. The highest BCUT2D eigenvalue weighted by Gasteiger charge is 2.73. The van der Waals surface area contributed by atoms with Gasteiger partial charge >= 0.3 is 18.0 Å². The van der Waals surface area contributed by atoms with Crippen molar-refractivity contribution in [3.63, 3.8) is 0 Å². The molecule has 0 fully saturated rings. The number of rotatable bonds is 3. The van der Waals surface area contributed by atoms with Crippen LogP contribution in [0.2, 0.25) is 0 Å². The number of amides is 1. The summed E-state index contributed by atoms with van der Waals surface area (Å²) >= 11 is 0. The molecular formula is C18H14F8N2O. The minimum atomic E-state index is -6.26. The van der Waals surface area contributed by atoms with Crippen LogP contribution in [-0.2, 0) is 5.67 Å². The van der Waals surface area contributed by atoms with E-state index >= 15 is 0 Å². The lowest BCUT2D eigenvalue weighted by Crippen LogP contribution is -2.50. The second kappa shape index (κ2) is 7.20. The van der Waals surface area contributed by atoms with Crippen LogP contribution in [0.5, 0.6) is 0 Å². The lowest BCUT2D eigenvalue weighted by atomic mass is 9.90. The van der Waals surface area contributed by atoms with Gasteiger partial charge in [-0.15, -0.1) is 0 Å². The quantitative estimate of drug-likeness (QED) is 0.498. The number of nitrogens with one attached hydrogen (secondary N) is 1. The second-order valence-corrected chi connectivity index (χ2v) is 6.30. The third-order valence-corrected chi connectivity index (χ3v) is 4.22. The van der Waals surface area contributed by atoms with Crippen molar-refractivity contribution in [1.82, 2.24) is 0 Å². The van der Waals surface area contributed by atoms with Gasteiger partial charge in [-0.05, 0) is 37.1 Å². The number of halogens is 8. The highest BCUT2D eigenvalue weighted by atomic mass is 19.4. The molecule has 0 saturated carbocycles. The van der Waals surface area contributed by atoms with Crippen molar-refractivity contribution in [1.29, 1.82) is 0 Å². The average Bonchev–Trinajstić information content (AvgIpc) is 2.57. The highest BCUT2D eigenvalue weighted by Crippen LogP contribution is 2.53. The molecule has 0 aliphatic rings. The van der Waals surface area contributed by atoms with E-state index < -0.39 is 40.9 Å². The van der Waals surface area contributed by atoms with Crippen molar-refractivity contribution in [2.45, 2.75) is 31.9 Å². The fourth-order valence-electron chi connectivity index (χ4n) is 2.75. The molecule has 29 heavy (non-hydrogen) atoms. The molecule has 0 unspecified atom stereocenters. The fourth-order valence-corrected chi connectivity index (χ4v) is 2.75. The summed E-state index contributed by atoms with van der Waals surface area (Å²) < 4.78 is 106. The predicted molar refractivity (Wildman–Crippen MR) is 89.6 cm³/mol. The SMILES string of the molecule is Cc1cc(C(F)(C(F)(F)F)C(F)(F)F)cc(C)c1NC(=O)c1cccc(N)c1F. The lowest BCUT2D eigenvalue weighted by Gasteiger charge is -2.31. The maximum Gasteiger partial charge on any atom is 0.435 e. The molecule has 0 atom stereocenters. The van der Waals surface area contributed by atoms with Crippen LogP contribution in [-0.4, -0.2) is 18.3 Å². The Labute approximate surface area is 159 Å². The van der Waals surface area contributed by atoms with Gasteiger partial charge < -0.3 is 11.1 Å². The lowest BCUT2D eigenvalue weighted by molar-refractivity contribution is -0.348. The summed E-state index contributed by atoms with van der Waals surface area (Å²) in [5.74, 6) is -2.08. The van der Waals surface area contributed by atoms with E-state index in [1.165, 1.54) is 12.1 Å². The zero-order valence-corrected chi connectivity index (χ0v) is 14.9. The molecule has 2 rings (SSSR count). The minimum absolute atomic E-state index is 0.188. The van der Waals surface area contributed by atoms with Gasteiger partial charge in [-0.2, -0.15) is 26.3 Å². The monoisotopic (exact) mass is 426 g/mol. The smallest absolute Gasteiger partial charge is 0.396 e. The number of anilines is 2. The molecule has 0 heterocycles. The molecule has 2 aromatic carbocycles. The molecule has 0 radical (unpaired) electrons. The predicted octanol–water partition coefficient (Wildman–Crippen LogP) is 5.57. The zero-order chi connectivity index (χ0) is 22.4. The summed E-state index contributed by atoms with van der Waals surface area (Å²) in [6.07, 6.45) is -12.5. The molecule has 0 spiro atoms. The molecule has 3 nitrogen and oxygen atoms in total. The molecule has 0 aliphatic carbocycles. The van der Waals surface area contributed by atoms with E-state index in [1.807, 2.05) is 0 Å². The Morgan fingerprint density at radius 1 is 0.931 bits per heavy atom. The molecule has 2 aromatic rings. The number of carbonyl (C=O) groups is 1. The summed E-state index contributed by atoms with van der Waals surface area (Å²) in [6.45, 7) is 2.16. The van der Waals surface area contributed by atoms with Crippen LogP contribution < -0.4 is 11.1 Å². The van der Waals surface area contributed by atoms with Crippen molar-refractivity contribution in [3.05, 3.63) is 58.4 Å². The number of nitrogen functional groups attached to an aromatic ring is 1. The minimum Gasteiger partial charge on any atom is -0.396 e. The van der Waals surface area contributed by atoms with Gasteiger partial charge in [0.25, 0.3) is 5.91 Å². The second-order valence-electron chi connectivity index (χ2n) is 6.30.